The van der Waals surface area contributed by atoms with E-state index in [0.29, 0.717) is 18.2 Å². The van der Waals surface area contributed by atoms with Crippen LogP contribution in [0.5, 0.6) is 5.75 Å². The van der Waals surface area contributed by atoms with Gasteiger partial charge in [0.05, 0.1) is 13.2 Å². The first-order chi connectivity index (χ1) is 16.3. The van der Waals surface area contributed by atoms with Crippen LogP contribution >= 0.6 is 0 Å². The van der Waals surface area contributed by atoms with Crippen molar-refractivity contribution < 1.29 is 9.53 Å². The number of nitrogens with zero attached hydrogens (tertiary/aromatic N) is 1. The molecule has 3 aromatic carbocycles. The standard InChI is InChI=1S/C28H33N3O2/c1-33-26-17-9-8-15-24(26)21-30-25-16-10-19-31(27(25)22-11-4-2-5-12-22)20-18-29-28(32)23-13-6-3-7-14-23/h2-9,11-15,17,25,27,30H,10,16,18-21H2,1H3,(H,29,32)/t25-,27-/m0/s1. The molecule has 1 fully saturated rings. The molecule has 2 atom stereocenters. The first kappa shape index (κ1) is 23.0. The minimum absolute atomic E-state index is 0.0188. The zero-order chi connectivity index (χ0) is 22.9. The molecule has 0 unspecified atom stereocenters. The number of hydrogen-bond donors (Lipinski definition) is 2. The summed E-state index contributed by atoms with van der Waals surface area (Å²) in [7, 11) is 1.72. The highest BCUT2D eigenvalue weighted by Crippen LogP contribution is 2.31. The second-order valence-electron chi connectivity index (χ2n) is 8.45. The van der Waals surface area contributed by atoms with E-state index in [1.807, 2.05) is 42.5 Å². The molecule has 1 saturated heterocycles. The highest BCUT2D eigenvalue weighted by molar-refractivity contribution is 5.94. The summed E-state index contributed by atoms with van der Waals surface area (Å²) in [5, 5.41) is 6.90. The Morgan fingerprint density at radius 1 is 0.970 bits per heavy atom. The van der Waals surface area contributed by atoms with Gasteiger partial charge in [-0.15, -0.1) is 0 Å². The summed E-state index contributed by atoms with van der Waals surface area (Å²) < 4.78 is 5.54. The number of rotatable bonds is 9. The van der Waals surface area contributed by atoms with E-state index in [1.54, 1.807) is 7.11 Å². The van der Waals surface area contributed by atoms with Gasteiger partial charge in [-0.2, -0.15) is 0 Å². The van der Waals surface area contributed by atoms with Crippen LogP contribution in [0.2, 0.25) is 0 Å². The number of carbonyl (C=O) groups excluding carboxylic acids is 1. The van der Waals surface area contributed by atoms with Gasteiger partial charge in [0.1, 0.15) is 5.75 Å². The minimum atomic E-state index is -0.0188. The average Bonchev–Trinajstić information content (AvgIpc) is 2.88. The first-order valence-electron chi connectivity index (χ1n) is 11.7. The summed E-state index contributed by atoms with van der Waals surface area (Å²) >= 11 is 0. The minimum Gasteiger partial charge on any atom is -0.496 e. The lowest BCUT2D eigenvalue weighted by Gasteiger charge is -2.42. The average molecular weight is 444 g/mol. The predicted octanol–water partition coefficient (Wildman–Crippen LogP) is 4.42. The molecule has 0 spiro atoms. The molecule has 1 amide bonds. The molecule has 1 heterocycles. The van der Waals surface area contributed by atoms with Crippen molar-refractivity contribution in [2.45, 2.75) is 31.5 Å². The van der Waals surface area contributed by atoms with Gasteiger partial charge in [0.25, 0.3) is 5.91 Å². The number of hydrogen-bond acceptors (Lipinski definition) is 4. The summed E-state index contributed by atoms with van der Waals surface area (Å²) in [6, 6.07) is 28.9. The highest BCUT2D eigenvalue weighted by Gasteiger charge is 2.32. The highest BCUT2D eigenvalue weighted by atomic mass is 16.5. The van der Waals surface area contributed by atoms with Gasteiger partial charge in [0.15, 0.2) is 0 Å². The fourth-order valence-electron chi connectivity index (χ4n) is 4.72. The van der Waals surface area contributed by atoms with Crippen molar-refractivity contribution in [2.75, 3.05) is 26.7 Å². The Bertz CT molecular complexity index is 1010. The number of likely N-dealkylation sites (tertiary alicyclic amines) is 1. The van der Waals surface area contributed by atoms with Crippen LogP contribution in [0.15, 0.2) is 84.9 Å². The lowest BCUT2D eigenvalue weighted by molar-refractivity contribution is 0.0910. The summed E-state index contributed by atoms with van der Waals surface area (Å²) in [4.78, 5) is 15.0. The SMILES string of the molecule is COc1ccccc1CN[C@H]1CCCN(CCNC(=O)c2ccccc2)[C@H]1c1ccccc1. The molecule has 0 radical (unpaired) electrons. The Labute approximate surface area is 196 Å². The Morgan fingerprint density at radius 3 is 2.42 bits per heavy atom. The normalized spacial score (nSPS) is 18.6. The molecule has 172 valence electrons. The van der Waals surface area contributed by atoms with Gasteiger partial charge >= 0.3 is 0 Å². The van der Waals surface area contributed by atoms with Gasteiger partial charge in [-0.1, -0.05) is 66.7 Å². The van der Waals surface area contributed by atoms with Crippen molar-refractivity contribution in [1.29, 1.82) is 0 Å². The van der Waals surface area contributed by atoms with Crippen molar-refractivity contribution in [3.8, 4) is 5.75 Å². The fourth-order valence-corrected chi connectivity index (χ4v) is 4.72. The van der Waals surface area contributed by atoms with Crippen LogP contribution in [0.4, 0.5) is 0 Å². The molecule has 4 rings (SSSR count). The van der Waals surface area contributed by atoms with Gasteiger partial charge in [0, 0.05) is 36.8 Å². The van der Waals surface area contributed by atoms with Crippen molar-refractivity contribution >= 4 is 5.91 Å². The molecule has 0 aliphatic carbocycles. The third-order valence-corrected chi connectivity index (χ3v) is 6.34. The maximum atomic E-state index is 12.5. The Morgan fingerprint density at radius 2 is 1.67 bits per heavy atom. The number of ether oxygens (including phenoxy) is 1. The van der Waals surface area contributed by atoms with Crippen LogP contribution in [0.1, 0.15) is 40.4 Å². The predicted molar refractivity (Wildman–Crippen MR) is 132 cm³/mol. The zero-order valence-corrected chi connectivity index (χ0v) is 19.2. The van der Waals surface area contributed by atoms with Gasteiger partial charge in [-0.25, -0.2) is 0 Å². The summed E-state index contributed by atoms with van der Waals surface area (Å²) in [6.07, 6.45) is 2.24. The monoisotopic (exact) mass is 443 g/mol. The quantitative estimate of drug-likeness (QED) is 0.514. The molecule has 5 nitrogen and oxygen atoms in total. The molecule has 0 saturated carbocycles. The zero-order valence-electron chi connectivity index (χ0n) is 19.2. The van der Waals surface area contributed by atoms with Crippen molar-refractivity contribution in [3.63, 3.8) is 0 Å². The van der Waals surface area contributed by atoms with Crippen molar-refractivity contribution in [3.05, 3.63) is 102 Å². The van der Waals surface area contributed by atoms with E-state index in [1.165, 1.54) is 11.1 Å². The number of para-hydroxylation sites is 1. The molecule has 3 aromatic rings. The Kier molecular flexibility index (Phi) is 8.12. The molecule has 5 heteroatoms. The lowest BCUT2D eigenvalue weighted by atomic mass is 9.90. The first-order valence-corrected chi connectivity index (χ1v) is 11.7. The number of amides is 1. The topological polar surface area (TPSA) is 53.6 Å². The van der Waals surface area contributed by atoms with Crippen LogP contribution in [0, 0.1) is 0 Å². The van der Waals surface area contributed by atoms with E-state index in [-0.39, 0.29) is 11.9 Å². The Balaban J connectivity index is 1.43. The van der Waals surface area contributed by atoms with E-state index in [0.717, 1.165) is 38.2 Å². The van der Waals surface area contributed by atoms with Crippen LogP contribution < -0.4 is 15.4 Å². The molecule has 0 bridgehead atoms. The van der Waals surface area contributed by atoms with E-state index in [9.17, 15) is 4.79 Å². The summed E-state index contributed by atoms with van der Waals surface area (Å²) in [5.41, 5.74) is 3.18. The van der Waals surface area contributed by atoms with E-state index >= 15 is 0 Å². The van der Waals surface area contributed by atoms with Crippen LogP contribution in [-0.2, 0) is 6.54 Å². The van der Waals surface area contributed by atoms with Crippen LogP contribution in [0.25, 0.3) is 0 Å². The van der Waals surface area contributed by atoms with Crippen LogP contribution in [-0.4, -0.2) is 43.6 Å². The summed E-state index contributed by atoms with van der Waals surface area (Å²) in [5.74, 6) is 0.896. The number of benzene rings is 3. The van der Waals surface area contributed by atoms with Crippen LogP contribution in [0.3, 0.4) is 0 Å². The van der Waals surface area contributed by atoms with E-state index < -0.39 is 0 Å². The maximum absolute atomic E-state index is 12.5. The number of methoxy groups -OCH3 is 1. The van der Waals surface area contributed by atoms with Gasteiger partial charge in [0.2, 0.25) is 0 Å². The smallest absolute Gasteiger partial charge is 0.251 e. The molecule has 33 heavy (non-hydrogen) atoms. The van der Waals surface area contributed by atoms with Gasteiger partial charge in [-0.3, -0.25) is 9.69 Å². The van der Waals surface area contributed by atoms with Gasteiger partial charge < -0.3 is 15.4 Å². The number of nitrogens with one attached hydrogen (secondary N) is 2. The second kappa shape index (κ2) is 11.6. The van der Waals surface area contributed by atoms with Crippen molar-refractivity contribution in [2.24, 2.45) is 0 Å². The Hall–Kier alpha value is -3.15. The van der Waals surface area contributed by atoms with E-state index in [2.05, 4.69) is 58.0 Å². The third kappa shape index (κ3) is 6.01. The molecular formula is C28H33N3O2. The molecular weight excluding hydrogens is 410 g/mol. The second-order valence-corrected chi connectivity index (χ2v) is 8.45. The molecule has 2 N–H and O–H groups in total. The van der Waals surface area contributed by atoms with Crippen molar-refractivity contribution in [1.82, 2.24) is 15.5 Å². The van der Waals surface area contributed by atoms with Gasteiger partial charge in [-0.05, 0) is 43.1 Å². The molecule has 1 aliphatic heterocycles. The molecule has 1 aliphatic rings. The third-order valence-electron chi connectivity index (χ3n) is 6.34. The number of carbonyl (C=O) groups is 1. The summed E-state index contributed by atoms with van der Waals surface area (Å²) in [6.45, 7) is 3.21. The largest absolute Gasteiger partial charge is 0.496 e. The van der Waals surface area contributed by atoms with E-state index in [4.69, 9.17) is 4.74 Å². The lowest BCUT2D eigenvalue weighted by Crippen LogP contribution is -2.50. The fraction of sp³-hybridized carbons (Fsp3) is 0.321. The number of piperidine rings is 1. The molecule has 0 aromatic heterocycles. The maximum Gasteiger partial charge on any atom is 0.251 e.